The Kier molecular flexibility index (Phi) is 4.63. The van der Waals surface area contributed by atoms with Crippen molar-refractivity contribution in [1.29, 1.82) is 0 Å². The summed E-state index contributed by atoms with van der Waals surface area (Å²) in [6.45, 7) is 6.50. The Morgan fingerprint density at radius 3 is 2.14 bits per heavy atom. The van der Waals surface area contributed by atoms with Gasteiger partial charge in [0.1, 0.15) is 5.75 Å². The molecule has 0 spiro atoms. The van der Waals surface area contributed by atoms with Crippen molar-refractivity contribution in [1.82, 2.24) is 5.32 Å². The summed E-state index contributed by atoms with van der Waals surface area (Å²) >= 11 is 0. The average Bonchev–Trinajstić information content (AvgIpc) is 2.44. The largest absolute Gasteiger partial charge is 0.497 e. The molecule has 2 rings (SSSR count). The molecular weight excluding hydrogens is 262 g/mol. The number of methoxy groups -OCH3 is 1. The summed E-state index contributed by atoms with van der Waals surface area (Å²) < 4.78 is 5.12. The first-order chi connectivity index (χ1) is 10.0. The number of amides is 1. The molecule has 0 bridgehead atoms. The highest BCUT2D eigenvalue weighted by Gasteiger charge is 2.12. The molecule has 2 aromatic carbocycles. The molecule has 3 nitrogen and oxygen atoms in total. The van der Waals surface area contributed by atoms with Crippen LogP contribution >= 0.6 is 0 Å². The molecule has 0 aliphatic rings. The van der Waals surface area contributed by atoms with Crippen LogP contribution in [0, 0.1) is 20.8 Å². The lowest BCUT2D eigenvalue weighted by molar-refractivity contribution is 0.0949. The third-order valence-electron chi connectivity index (χ3n) is 3.52. The van der Waals surface area contributed by atoms with Gasteiger partial charge in [0.15, 0.2) is 0 Å². The van der Waals surface area contributed by atoms with Crippen LogP contribution in [0.2, 0.25) is 0 Å². The summed E-state index contributed by atoms with van der Waals surface area (Å²) in [6, 6.07) is 11.8. The molecule has 0 saturated carbocycles. The fourth-order valence-corrected chi connectivity index (χ4v) is 2.55. The summed E-state index contributed by atoms with van der Waals surface area (Å²) in [5.41, 5.74) is 5.02. The van der Waals surface area contributed by atoms with Crippen LogP contribution in [0.3, 0.4) is 0 Å². The predicted molar refractivity (Wildman–Crippen MR) is 84.8 cm³/mol. The van der Waals surface area contributed by atoms with E-state index < -0.39 is 0 Å². The number of hydrogen-bond acceptors (Lipinski definition) is 2. The fourth-order valence-electron chi connectivity index (χ4n) is 2.55. The fraction of sp³-hybridized carbons (Fsp3) is 0.278. The maximum absolute atomic E-state index is 12.4. The van der Waals surface area contributed by atoms with Gasteiger partial charge in [-0.05, 0) is 49.6 Å². The molecule has 110 valence electrons. The van der Waals surface area contributed by atoms with Crippen LogP contribution in [-0.4, -0.2) is 13.0 Å². The van der Waals surface area contributed by atoms with Crippen LogP contribution in [0.1, 0.15) is 32.6 Å². The van der Waals surface area contributed by atoms with E-state index in [4.69, 9.17) is 4.74 Å². The van der Waals surface area contributed by atoms with Crippen LogP contribution in [0.4, 0.5) is 0 Å². The van der Waals surface area contributed by atoms with Crippen LogP contribution in [0.5, 0.6) is 5.75 Å². The molecule has 0 saturated heterocycles. The Hall–Kier alpha value is -2.29. The standard InChI is InChI=1S/C18H21NO2/c1-12-9-13(2)17(14(3)10-12)18(20)19-11-15-5-7-16(21-4)8-6-15/h5-10H,11H2,1-4H3,(H,19,20). The Morgan fingerprint density at radius 2 is 1.62 bits per heavy atom. The van der Waals surface area contributed by atoms with Crippen molar-refractivity contribution in [2.45, 2.75) is 27.3 Å². The lowest BCUT2D eigenvalue weighted by Gasteiger charge is -2.12. The van der Waals surface area contributed by atoms with Gasteiger partial charge in [0, 0.05) is 12.1 Å². The van der Waals surface area contributed by atoms with Gasteiger partial charge < -0.3 is 10.1 Å². The first kappa shape index (κ1) is 15.1. The van der Waals surface area contributed by atoms with Crippen LogP contribution in [-0.2, 0) is 6.54 Å². The molecule has 0 unspecified atom stereocenters. The molecule has 1 N–H and O–H groups in total. The van der Waals surface area contributed by atoms with Crippen molar-refractivity contribution < 1.29 is 9.53 Å². The summed E-state index contributed by atoms with van der Waals surface area (Å²) in [5.74, 6) is 0.788. The van der Waals surface area contributed by atoms with E-state index in [-0.39, 0.29) is 5.91 Å². The zero-order valence-corrected chi connectivity index (χ0v) is 13.0. The average molecular weight is 283 g/mol. The Labute approximate surface area is 126 Å². The van der Waals surface area contributed by atoms with Gasteiger partial charge in [-0.25, -0.2) is 0 Å². The van der Waals surface area contributed by atoms with E-state index in [0.717, 1.165) is 28.0 Å². The second-order valence-corrected chi connectivity index (χ2v) is 5.30. The van der Waals surface area contributed by atoms with Crippen molar-refractivity contribution >= 4 is 5.91 Å². The van der Waals surface area contributed by atoms with Gasteiger partial charge in [0.25, 0.3) is 5.91 Å². The first-order valence-electron chi connectivity index (χ1n) is 7.00. The summed E-state index contributed by atoms with van der Waals surface area (Å²) in [7, 11) is 1.64. The SMILES string of the molecule is COc1ccc(CNC(=O)c2c(C)cc(C)cc2C)cc1. The number of aryl methyl sites for hydroxylation is 3. The van der Waals surface area contributed by atoms with Gasteiger partial charge >= 0.3 is 0 Å². The number of benzene rings is 2. The summed E-state index contributed by atoms with van der Waals surface area (Å²) in [4.78, 5) is 12.4. The number of nitrogens with one attached hydrogen (secondary N) is 1. The van der Waals surface area contributed by atoms with Gasteiger partial charge in [0.2, 0.25) is 0 Å². The highest BCUT2D eigenvalue weighted by molar-refractivity contribution is 5.97. The number of rotatable bonds is 4. The zero-order valence-electron chi connectivity index (χ0n) is 13.0. The summed E-state index contributed by atoms with van der Waals surface area (Å²) in [6.07, 6.45) is 0. The Bertz CT molecular complexity index is 622. The van der Waals surface area contributed by atoms with Gasteiger partial charge in [-0.1, -0.05) is 29.8 Å². The minimum atomic E-state index is -0.0270. The molecule has 0 atom stereocenters. The second-order valence-electron chi connectivity index (χ2n) is 5.30. The van der Waals surface area contributed by atoms with Crippen molar-refractivity contribution in [2.24, 2.45) is 0 Å². The molecule has 3 heteroatoms. The predicted octanol–water partition coefficient (Wildman–Crippen LogP) is 3.55. The molecule has 0 aromatic heterocycles. The van der Waals surface area contributed by atoms with Crippen molar-refractivity contribution in [3.05, 3.63) is 64.2 Å². The van der Waals surface area contributed by atoms with Gasteiger partial charge in [-0.15, -0.1) is 0 Å². The third-order valence-corrected chi connectivity index (χ3v) is 3.52. The highest BCUT2D eigenvalue weighted by atomic mass is 16.5. The molecule has 2 aromatic rings. The van der Waals surface area contributed by atoms with Crippen LogP contribution < -0.4 is 10.1 Å². The van der Waals surface area contributed by atoms with Gasteiger partial charge in [-0.3, -0.25) is 4.79 Å². The third kappa shape index (κ3) is 3.63. The molecular formula is C18H21NO2. The van der Waals surface area contributed by atoms with Crippen LogP contribution in [0.15, 0.2) is 36.4 Å². The lowest BCUT2D eigenvalue weighted by Crippen LogP contribution is -2.24. The van der Waals surface area contributed by atoms with Gasteiger partial charge in [0.05, 0.1) is 7.11 Å². The quantitative estimate of drug-likeness (QED) is 0.932. The second kappa shape index (κ2) is 6.44. The van der Waals surface area contributed by atoms with E-state index in [1.54, 1.807) is 7.11 Å². The molecule has 0 fully saturated rings. The maximum atomic E-state index is 12.4. The molecule has 0 heterocycles. The molecule has 0 radical (unpaired) electrons. The number of carbonyl (C=O) groups excluding carboxylic acids is 1. The van der Waals surface area contributed by atoms with Gasteiger partial charge in [-0.2, -0.15) is 0 Å². The normalized spacial score (nSPS) is 10.3. The Morgan fingerprint density at radius 1 is 1.05 bits per heavy atom. The number of hydrogen-bond donors (Lipinski definition) is 1. The molecule has 0 aliphatic heterocycles. The van der Waals surface area contributed by atoms with Crippen molar-refractivity contribution in [3.8, 4) is 5.75 Å². The maximum Gasteiger partial charge on any atom is 0.252 e. The van der Waals surface area contributed by atoms with E-state index in [0.29, 0.717) is 6.54 Å². The smallest absolute Gasteiger partial charge is 0.252 e. The van der Waals surface area contributed by atoms with E-state index in [1.807, 2.05) is 57.2 Å². The molecule has 1 amide bonds. The highest BCUT2D eigenvalue weighted by Crippen LogP contribution is 2.17. The molecule has 0 aliphatic carbocycles. The number of ether oxygens (including phenoxy) is 1. The number of carbonyl (C=O) groups is 1. The first-order valence-corrected chi connectivity index (χ1v) is 7.00. The van der Waals surface area contributed by atoms with Crippen LogP contribution in [0.25, 0.3) is 0 Å². The zero-order chi connectivity index (χ0) is 15.4. The van der Waals surface area contributed by atoms with Crippen molar-refractivity contribution in [2.75, 3.05) is 7.11 Å². The lowest BCUT2D eigenvalue weighted by atomic mass is 9.99. The van der Waals surface area contributed by atoms with E-state index >= 15 is 0 Å². The topological polar surface area (TPSA) is 38.3 Å². The monoisotopic (exact) mass is 283 g/mol. The minimum Gasteiger partial charge on any atom is -0.497 e. The van der Waals surface area contributed by atoms with Crippen molar-refractivity contribution in [3.63, 3.8) is 0 Å². The Balaban J connectivity index is 2.08. The van der Waals surface area contributed by atoms with E-state index in [9.17, 15) is 4.79 Å². The van der Waals surface area contributed by atoms with E-state index in [1.165, 1.54) is 5.56 Å². The van der Waals surface area contributed by atoms with E-state index in [2.05, 4.69) is 5.32 Å². The minimum absolute atomic E-state index is 0.0270. The molecule has 21 heavy (non-hydrogen) atoms. The summed E-state index contributed by atoms with van der Waals surface area (Å²) in [5, 5.41) is 2.97.